The van der Waals surface area contributed by atoms with Gasteiger partial charge in [-0.25, -0.2) is 0 Å². The fourth-order valence-corrected chi connectivity index (χ4v) is 5.40. The molecule has 0 radical (unpaired) electrons. The fourth-order valence-electron chi connectivity index (χ4n) is 3.95. The van der Waals surface area contributed by atoms with Crippen LogP contribution in [0.4, 0.5) is 17.2 Å². The van der Waals surface area contributed by atoms with Crippen molar-refractivity contribution in [2.45, 2.75) is 42.0 Å². The van der Waals surface area contributed by atoms with Crippen LogP contribution in [-0.4, -0.2) is 38.3 Å². The highest BCUT2D eigenvalue weighted by molar-refractivity contribution is 7.99. The molecule has 4 aromatic rings. The zero-order valence-electron chi connectivity index (χ0n) is 19.0. The number of nitrogens with two attached hydrogens (primary N) is 1. The van der Waals surface area contributed by atoms with Crippen molar-refractivity contribution in [2.24, 2.45) is 0 Å². The van der Waals surface area contributed by atoms with Gasteiger partial charge in [0.05, 0.1) is 24.5 Å². The first-order valence-electron chi connectivity index (χ1n) is 11.1. The minimum Gasteiger partial charge on any atom is -0.480 e. The SMILES string of the molecule is CCCCOc1nc(N)c2nc(O)n(Cc3ccc4c(c3)Sc3cc(CCl)ccc3N4C)c2n1. The Labute approximate surface area is 206 Å². The predicted octanol–water partition coefficient (Wildman–Crippen LogP) is 5.31. The zero-order chi connectivity index (χ0) is 23.8. The van der Waals surface area contributed by atoms with Crippen LogP contribution in [0.1, 0.15) is 30.9 Å². The molecule has 8 nitrogen and oxygen atoms in total. The standard InChI is InChI=1S/C24H25ClN6O2S/c1-3-4-9-33-23-28-21(26)20-22(29-23)31(24(32)27-20)13-15-6-8-17-19(11-15)34-18-10-14(12-25)5-7-16(18)30(17)2/h5-8,10-11H,3-4,9,12-13H2,1-2H3,(H,27,32)(H2,26,28,29). The number of alkyl halides is 1. The molecule has 5 rings (SSSR count). The van der Waals surface area contributed by atoms with Crippen LogP contribution in [0, 0.1) is 0 Å². The molecule has 10 heteroatoms. The summed E-state index contributed by atoms with van der Waals surface area (Å²) in [4.78, 5) is 17.3. The number of halogens is 1. The Morgan fingerprint density at radius 3 is 2.47 bits per heavy atom. The van der Waals surface area contributed by atoms with Gasteiger partial charge in [-0.05, 0) is 41.8 Å². The van der Waals surface area contributed by atoms with Gasteiger partial charge < -0.3 is 20.5 Å². The van der Waals surface area contributed by atoms with E-state index in [9.17, 15) is 5.11 Å². The number of fused-ring (bicyclic) bond motifs is 3. The highest BCUT2D eigenvalue weighted by Gasteiger charge is 2.22. The summed E-state index contributed by atoms with van der Waals surface area (Å²) in [6.07, 6.45) is 1.89. The Kier molecular flexibility index (Phi) is 6.14. The van der Waals surface area contributed by atoms with E-state index in [0.717, 1.165) is 45.1 Å². The van der Waals surface area contributed by atoms with Crippen LogP contribution in [0.5, 0.6) is 12.0 Å². The number of unbranched alkanes of at least 4 members (excludes halogenated alkanes) is 1. The molecule has 34 heavy (non-hydrogen) atoms. The predicted molar refractivity (Wildman–Crippen MR) is 136 cm³/mol. The second-order valence-corrected chi connectivity index (χ2v) is 9.51. The summed E-state index contributed by atoms with van der Waals surface area (Å²) < 4.78 is 7.27. The quantitative estimate of drug-likeness (QED) is 0.262. The second kappa shape index (κ2) is 9.23. The molecule has 3 N–H and O–H groups in total. The molecule has 0 atom stereocenters. The Morgan fingerprint density at radius 1 is 1.06 bits per heavy atom. The number of benzene rings is 2. The van der Waals surface area contributed by atoms with Gasteiger partial charge in [0, 0.05) is 22.7 Å². The van der Waals surface area contributed by atoms with E-state index in [2.05, 4.69) is 64.2 Å². The molecule has 2 aromatic heterocycles. The van der Waals surface area contributed by atoms with Crippen molar-refractivity contribution in [3.63, 3.8) is 0 Å². The highest BCUT2D eigenvalue weighted by atomic mass is 35.5. The molecule has 1 aliphatic heterocycles. The molecule has 0 amide bonds. The van der Waals surface area contributed by atoms with E-state index < -0.39 is 0 Å². The first-order chi connectivity index (χ1) is 16.5. The van der Waals surface area contributed by atoms with Gasteiger partial charge in [-0.15, -0.1) is 11.6 Å². The minimum atomic E-state index is -0.165. The third kappa shape index (κ3) is 4.10. The minimum absolute atomic E-state index is 0.165. The molecule has 0 fully saturated rings. The Hall–Kier alpha value is -3.17. The lowest BCUT2D eigenvalue weighted by Gasteiger charge is -2.30. The van der Waals surface area contributed by atoms with E-state index in [4.69, 9.17) is 22.1 Å². The van der Waals surface area contributed by atoms with Crippen LogP contribution in [0.2, 0.25) is 0 Å². The zero-order valence-corrected chi connectivity index (χ0v) is 20.5. The Bertz CT molecular complexity index is 1380. The van der Waals surface area contributed by atoms with Gasteiger partial charge >= 0.3 is 6.01 Å². The number of imidazole rings is 1. The summed E-state index contributed by atoms with van der Waals surface area (Å²) in [5.41, 5.74) is 11.2. The number of hydrogen-bond donors (Lipinski definition) is 2. The molecule has 0 bridgehead atoms. The van der Waals surface area contributed by atoms with Crippen molar-refractivity contribution < 1.29 is 9.84 Å². The molecule has 0 saturated carbocycles. The summed E-state index contributed by atoms with van der Waals surface area (Å²) >= 11 is 7.76. The molecule has 0 aliphatic carbocycles. The maximum atomic E-state index is 10.6. The largest absolute Gasteiger partial charge is 0.480 e. The monoisotopic (exact) mass is 496 g/mol. The molecule has 0 spiro atoms. The van der Waals surface area contributed by atoms with Gasteiger partial charge in [0.25, 0.3) is 6.01 Å². The van der Waals surface area contributed by atoms with E-state index in [0.29, 0.717) is 30.2 Å². The summed E-state index contributed by atoms with van der Waals surface area (Å²) in [6, 6.07) is 12.6. The lowest BCUT2D eigenvalue weighted by Crippen LogP contribution is -2.15. The molecule has 0 unspecified atom stereocenters. The van der Waals surface area contributed by atoms with E-state index in [-0.39, 0.29) is 17.8 Å². The third-order valence-corrected chi connectivity index (χ3v) is 7.20. The smallest absolute Gasteiger partial charge is 0.320 e. The summed E-state index contributed by atoms with van der Waals surface area (Å²) in [5, 5.41) is 10.6. The number of nitrogens with zero attached hydrogens (tertiary/aromatic N) is 5. The molecular formula is C24H25ClN6O2S. The van der Waals surface area contributed by atoms with Gasteiger partial charge in [-0.2, -0.15) is 15.0 Å². The van der Waals surface area contributed by atoms with Crippen molar-refractivity contribution in [2.75, 3.05) is 24.3 Å². The van der Waals surface area contributed by atoms with Crippen molar-refractivity contribution >= 4 is 51.7 Å². The average molecular weight is 497 g/mol. The topological polar surface area (TPSA) is 102 Å². The van der Waals surface area contributed by atoms with Gasteiger partial charge in [-0.1, -0.05) is 37.2 Å². The summed E-state index contributed by atoms with van der Waals surface area (Å²) in [6.45, 7) is 2.96. The molecule has 176 valence electrons. The average Bonchev–Trinajstić information content (AvgIpc) is 3.14. The molecule has 3 heterocycles. The second-order valence-electron chi connectivity index (χ2n) is 8.16. The Morgan fingerprint density at radius 2 is 1.76 bits per heavy atom. The molecule has 1 aliphatic rings. The summed E-state index contributed by atoms with van der Waals surface area (Å²) in [5.74, 6) is 0.659. The third-order valence-electron chi connectivity index (χ3n) is 5.80. The van der Waals surface area contributed by atoms with Crippen LogP contribution in [0.3, 0.4) is 0 Å². The number of aromatic nitrogens is 4. The maximum absolute atomic E-state index is 10.6. The number of aromatic hydroxyl groups is 1. The van der Waals surface area contributed by atoms with Crippen LogP contribution in [0.15, 0.2) is 46.2 Å². The number of anilines is 3. The van der Waals surface area contributed by atoms with Crippen molar-refractivity contribution in [3.8, 4) is 12.0 Å². The van der Waals surface area contributed by atoms with Gasteiger partial charge in [0.1, 0.15) is 0 Å². The Balaban J connectivity index is 1.47. The van der Waals surface area contributed by atoms with Gasteiger partial charge in [0.2, 0.25) is 0 Å². The highest BCUT2D eigenvalue weighted by Crippen LogP contribution is 2.48. The number of nitrogen functional groups attached to an aromatic ring is 1. The lowest BCUT2D eigenvalue weighted by molar-refractivity contribution is 0.286. The number of rotatable bonds is 7. The van der Waals surface area contributed by atoms with Crippen LogP contribution in [0.25, 0.3) is 11.2 Å². The van der Waals surface area contributed by atoms with Crippen LogP contribution in [-0.2, 0) is 12.4 Å². The van der Waals surface area contributed by atoms with Crippen molar-refractivity contribution in [1.82, 2.24) is 19.5 Å². The lowest BCUT2D eigenvalue weighted by atomic mass is 10.1. The molecular weight excluding hydrogens is 472 g/mol. The van der Waals surface area contributed by atoms with Crippen LogP contribution >= 0.6 is 23.4 Å². The maximum Gasteiger partial charge on any atom is 0.320 e. The number of ether oxygens (including phenoxy) is 1. The normalized spacial score (nSPS) is 12.6. The van der Waals surface area contributed by atoms with E-state index in [1.807, 2.05) is 6.07 Å². The van der Waals surface area contributed by atoms with Crippen LogP contribution < -0.4 is 15.4 Å². The molecule has 2 aromatic carbocycles. The fraction of sp³-hybridized carbons (Fsp3) is 0.292. The van der Waals surface area contributed by atoms with Crippen molar-refractivity contribution in [3.05, 3.63) is 47.5 Å². The van der Waals surface area contributed by atoms with Crippen molar-refractivity contribution in [1.29, 1.82) is 0 Å². The number of hydrogen-bond acceptors (Lipinski definition) is 8. The van der Waals surface area contributed by atoms with E-state index in [1.165, 1.54) is 0 Å². The van der Waals surface area contributed by atoms with Gasteiger partial charge in [-0.3, -0.25) is 4.57 Å². The van der Waals surface area contributed by atoms with E-state index in [1.54, 1.807) is 16.3 Å². The van der Waals surface area contributed by atoms with E-state index >= 15 is 0 Å². The molecule has 0 saturated heterocycles. The first kappa shape index (κ1) is 22.6. The first-order valence-corrected chi connectivity index (χ1v) is 12.4. The van der Waals surface area contributed by atoms with Gasteiger partial charge in [0.15, 0.2) is 17.0 Å². The summed E-state index contributed by atoms with van der Waals surface area (Å²) in [7, 11) is 2.06.